The number of rotatable bonds is 6. The second-order valence-electron chi connectivity index (χ2n) is 5.02. The summed E-state index contributed by atoms with van der Waals surface area (Å²) in [5, 5.41) is 7.31. The highest BCUT2D eigenvalue weighted by atomic mass is 79.9. The summed E-state index contributed by atoms with van der Waals surface area (Å²) in [6.07, 6.45) is 0. The summed E-state index contributed by atoms with van der Waals surface area (Å²) in [5.74, 6) is 1.58. The fourth-order valence-corrected chi connectivity index (χ4v) is 2.21. The fraction of sp³-hybridized carbons (Fsp3) is 0.400. The number of halogens is 1. The minimum absolute atomic E-state index is 0.386. The van der Waals surface area contributed by atoms with Crippen molar-refractivity contribution < 1.29 is 9.26 Å². The molecular weight excluding hydrogens is 320 g/mol. The molecule has 0 aliphatic carbocycles. The third-order valence-corrected chi connectivity index (χ3v) is 3.30. The number of aryl methyl sites for hydroxylation is 1. The van der Waals surface area contributed by atoms with Gasteiger partial charge in [-0.05, 0) is 30.7 Å². The highest BCUT2D eigenvalue weighted by molar-refractivity contribution is 9.10. The quantitative estimate of drug-likeness (QED) is 0.869. The molecule has 2 rings (SSSR count). The third kappa shape index (κ3) is 4.35. The molecular formula is C15H19BrN2O2. The molecule has 0 aliphatic heterocycles. The predicted octanol–water partition coefficient (Wildman–Crippen LogP) is 3.82. The van der Waals surface area contributed by atoms with Crippen molar-refractivity contribution in [3.63, 3.8) is 0 Å². The number of ether oxygens (including phenoxy) is 1. The van der Waals surface area contributed by atoms with Crippen LogP contribution in [0.5, 0.6) is 5.75 Å². The van der Waals surface area contributed by atoms with Crippen molar-refractivity contribution in [2.45, 2.75) is 40.0 Å². The fourth-order valence-electron chi connectivity index (χ4n) is 1.74. The minimum atomic E-state index is 0.386. The monoisotopic (exact) mass is 338 g/mol. The maximum Gasteiger partial charge on any atom is 0.174 e. The first-order valence-corrected chi connectivity index (χ1v) is 7.40. The van der Waals surface area contributed by atoms with E-state index in [1.807, 2.05) is 31.2 Å². The van der Waals surface area contributed by atoms with Crippen molar-refractivity contribution >= 4 is 15.9 Å². The molecule has 0 aliphatic rings. The Morgan fingerprint density at radius 2 is 2.15 bits per heavy atom. The molecule has 0 saturated carbocycles. The molecule has 0 bridgehead atoms. The molecule has 0 atom stereocenters. The van der Waals surface area contributed by atoms with Crippen LogP contribution < -0.4 is 10.1 Å². The van der Waals surface area contributed by atoms with E-state index in [1.54, 1.807) is 0 Å². The zero-order valence-electron chi connectivity index (χ0n) is 11.9. The van der Waals surface area contributed by atoms with E-state index in [1.165, 1.54) is 0 Å². The lowest BCUT2D eigenvalue weighted by atomic mass is 10.2. The second-order valence-corrected chi connectivity index (χ2v) is 5.93. The Morgan fingerprint density at radius 3 is 2.85 bits per heavy atom. The van der Waals surface area contributed by atoms with Crippen molar-refractivity contribution in [2.75, 3.05) is 0 Å². The van der Waals surface area contributed by atoms with Gasteiger partial charge in [0.05, 0.1) is 5.69 Å². The molecule has 1 aromatic heterocycles. The van der Waals surface area contributed by atoms with Gasteiger partial charge in [0.1, 0.15) is 12.4 Å². The maximum absolute atomic E-state index is 5.74. The summed E-state index contributed by atoms with van der Waals surface area (Å²) in [5.41, 5.74) is 1.98. The lowest BCUT2D eigenvalue weighted by molar-refractivity contribution is 0.247. The second kappa shape index (κ2) is 6.90. The van der Waals surface area contributed by atoms with Crippen LogP contribution in [-0.2, 0) is 13.2 Å². The summed E-state index contributed by atoms with van der Waals surface area (Å²) >= 11 is 3.43. The normalized spacial score (nSPS) is 11.1. The van der Waals surface area contributed by atoms with Crippen LogP contribution in [0, 0.1) is 6.92 Å². The number of aromatic nitrogens is 1. The van der Waals surface area contributed by atoms with E-state index in [2.05, 4.69) is 40.3 Å². The number of hydrogen-bond donors (Lipinski definition) is 1. The highest BCUT2D eigenvalue weighted by Gasteiger charge is 2.07. The van der Waals surface area contributed by atoms with E-state index >= 15 is 0 Å². The lowest BCUT2D eigenvalue weighted by Gasteiger charge is -2.07. The average molecular weight is 339 g/mol. The predicted molar refractivity (Wildman–Crippen MR) is 81.7 cm³/mol. The smallest absolute Gasteiger partial charge is 0.174 e. The minimum Gasteiger partial charge on any atom is -0.485 e. The lowest BCUT2D eigenvalue weighted by Crippen LogP contribution is -2.21. The summed E-state index contributed by atoms with van der Waals surface area (Å²) in [4.78, 5) is 0. The molecule has 1 N–H and O–H groups in total. The molecule has 0 saturated heterocycles. The first kappa shape index (κ1) is 15.1. The molecule has 1 aromatic carbocycles. The van der Waals surface area contributed by atoms with Gasteiger partial charge in [0.25, 0.3) is 0 Å². The number of nitrogens with zero attached hydrogens (tertiary/aromatic N) is 1. The summed E-state index contributed by atoms with van der Waals surface area (Å²) in [6, 6.07) is 8.27. The SMILES string of the molecule is Cc1cc(Br)ccc1OCc1cc(CNC(C)C)no1. The van der Waals surface area contributed by atoms with Gasteiger partial charge in [-0.25, -0.2) is 0 Å². The average Bonchev–Trinajstić information content (AvgIpc) is 2.83. The first-order chi connectivity index (χ1) is 9.54. The van der Waals surface area contributed by atoms with Gasteiger partial charge in [0.2, 0.25) is 0 Å². The van der Waals surface area contributed by atoms with Crippen molar-refractivity contribution in [1.29, 1.82) is 0 Å². The van der Waals surface area contributed by atoms with Gasteiger partial charge in [-0.15, -0.1) is 0 Å². The van der Waals surface area contributed by atoms with Gasteiger partial charge in [-0.2, -0.15) is 0 Å². The zero-order valence-corrected chi connectivity index (χ0v) is 13.5. The van der Waals surface area contributed by atoms with E-state index in [0.29, 0.717) is 19.2 Å². The van der Waals surface area contributed by atoms with Crippen LogP contribution >= 0.6 is 15.9 Å². The van der Waals surface area contributed by atoms with Crippen LogP contribution in [0.3, 0.4) is 0 Å². The van der Waals surface area contributed by atoms with E-state index in [4.69, 9.17) is 9.26 Å². The van der Waals surface area contributed by atoms with Gasteiger partial charge in [-0.3, -0.25) is 0 Å². The molecule has 20 heavy (non-hydrogen) atoms. The molecule has 0 spiro atoms. The van der Waals surface area contributed by atoms with Gasteiger partial charge in [0.15, 0.2) is 5.76 Å². The zero-order chi connectivity index (χ0) is 14.5. The number of nitrogens with one attached hydrogen (secondary N) is 1. The van der Waals surface area contributed by atoms with Crippen LogP contribution in [0.15, 0.2) is 33.3 Å². The number of hydrogen-bond acceptors (Lipinski definition) is 4. The first-order valence-electron chi connectivity index (χ1n) is 6.61. The Bertz CT molecular complexity index is 567. The Kier molecular flexibility index (Phi) is 5.20. The van der Waals surface area contributed by atoms with Crippen molar-refractivity contribution in [3.8, 4) is 5.75 Å². The molecule has 0 radical (unpaired) electrons. The summed E-state index contributed by atoms with van der Waals surface area (Å²) in [7, 11) is 0. The Morgan fingerprint density at radius 1 is 1.35 bits per heavy atom. The van der Waals surface area contributed by atoms with E-state index in [0.717, 1.165) is 27.2 Å². The van der Waals surface area contributed by atoms with Gasteiger partial charge >= 0.3 is 0 Å². The van der Waals surface area contributed by atoms with Crippen LogP contribution in [0.1, 0.15) is 30.9 Å². The van der Waals surface area contributed by atoms with Gasteiger partial charge in [0, 0.05) is 23.1 Å². The molecule has 1 heterocycles. The third-order valence-electron chi connectivity index (χ3n) is 2.81. The van der Waals surface area contributed by atoms with Crippen LogP contribution in [0.4, 0.5) is 0 Å². The Hall–Kier alpha value is -1.33. The van der Waals surface area contributed by atoms with Crippen LogP contribution in [0.2, 0.25) is 0 Å². The highest BCUT2D eigenvalue weighted by Crippen LogP contribution is 2.23. The number of benzene rings is 1. The van der Waals surface area contributed by atoms with Crippen molar-refractivity contribution in [3.05, 3.63) is 45.8 Å². The van der Waals surface area contributed by atoms with Crippen molar-refractivity contribution in [2.24, 2.45) is 0 Å². The molecule has 108 valence electrons. The van der Waals surface area contributed by atoms with E-state index < -0.39 is 0 Å². The molecule has 5 heteroatoms. The molecule has 4 nitrogen and oxygen atoms in total. The standard InChI is InChI=1S/C15H19BrN2O2/c1-10(2)17-8-13-7-14(20-18-13)9-19-15-5-4-12(16)6-11(15)3/h4-7,10,17H,8-9H2,1-3H3. The van der Waals surface area contributed by atoms with E-state index in [-0.39, 0.29) is 0 Å². The van der Waals surface area contributed by atoms with Crippen LogP contribution in [-0.4, -0.2) is 11.2 Å². The summed E-state index contributed by atoms with van der Waals surface area (Å²) < 4.78 is 12.0. The molecule has 0 amide bonds. The Balaban J connectivity index is 1.90. The maximum atomic E-state index is 5.74. The Labute approximate surface area is 127 Å². The van der Waals surface area contributed by atoms with Crippen molar-refractivity contribution in [1.82, 2.24) is 10.5 Å². The molecule has 0 fully saturated rings. The molecule has 2 aromatic rings. The molecule has 0 unspecified atom stereocenters. The van der Waals surface area contributed by atoms with Crippen LogP contribution in [0.25, 0.3) is 0 Å². The summed E-state index contributed by atoms with van der Waals surface area (Å²) in [6.45, 7) is 7.30. The van der Waals surface area contributed by atoms with E-state index in [9.17, 15) is 0 Å². The largest absolute Gasteiger partial charge is 0.485 e. The van der Waals surface area contributed by atoms with Gasteiger partial charge < -0.3 is 14.6 Å². The topological polar surface area (TPSA) is 47.3 Å². The van der Waals surface area contributed by atoms with Gasteiger partial charge in [-0.1, -0.05) is 34.9 Å².